The number of rotatable bonds is 2. The molecule has 0 radical (unpaired) electrons. The van der Waals surface area contributed by atoms with Gasteiger partial charge in [-0.25, -0.2) is 4.79 Å². The molecule has 1 saturated heterocycles. The summed E-state index contributed by atoms with van der Waals surface area (Å²) in [4.78, 5) is 18.1. The van der Waals surface area contributed by atoms with E-state index in [-0.39, 0.29) is 24.7 Å². The molecule has 1 N–H and O–H groups in total. The maximum Gasteiger partial charge on any atom is 0.410 e. The second kappa shape index (κ2) is 5.79. The molecule has 1 amide bonds. The number of carbonyl (C=O) groups is 1. The van der Waals surface area contributed by atoms with E-state index in [1.807, 2.05) is 32.9 Å². The second-order valence-electron chi connectivity index (χ2n) is 6.14. The Morgan fingerprint density at radius 3 is 2.85 bits per heavy atom. The Bertz CT molecular complexity index is 456. The lowest BCUT2D eigenvalue weighted by atomic mass is 9.96. The van der Waals surface area contributed by atoms with Crippen LogP contribution in [0.25, 0.3) is 0 Å². The average molecular weight is 278 g/mol. The summed E-state index contributed by atoms with van der Waals surface area (Å²) in [5.41, 5.74) is 0.420. The largest absolute Gasteiger partial charge is 0.444 e. The maximum atomic E-state index is 12.3. The molecule has 0 aliphatic carbocycles. The monoisotopic (exact) mass is 278 g/mol. The van der Waals surface area contributed by atoms with E-state index in [9.17, 15) is 9.90 Å². The number of pyridine rings is 1. The van der Waals surface area contributed by atoms with E-state index >= 15 is 0 Å². The van der Waals surface area contributed by atoms with Crippen molar-refractivity contribution >= 4 is 6.09 Å². The van der Waals surface area contributed by atoms with Gasteiger partial charge in [-0.3, -0.25) is 4.98 Å². The number of aliphatic hydroxyl groups is 1. The normalized spacial score (nSPS) is 22.9. The molecule has 5 heteroatoms. The van der Waals surface area contributed by atoms with E-state index in [4.69, 9.17) is 4.74 Å². The summed E-state index contributed by atoms with van der Waals surface area (Å²) in [6, 6.07) is 3.61. The van der Waals surface area contributed by atoms with Gasteiger partial charge in [-0.2, -0.15) is 0 Å². The first kappa shape index (κ1) is 14.8. The highest BCUT2D eigenvalue weighted by Crippen LogP contribution is 2.37. The minimum atomic E-state index is -0.520. The molecule has 5 nitrogen and oxygen atoms in total. The maximum absolute atomic E-state index is 12.3. The lowest BCUT2D eigenvalue weighted by molar-refractivity contribution is 0.0191. The van der Waals surface area contributed by atoms with Crippen molar-refractivity contribution in [2.24, 2.45) is 5.92 Å². The smallest absolute Gasteiger partial charge is 0.410 e. The minimum absolute atomic E-state index is 0.0340. The minimum Gasteiger partial charge on any atom is -0.444 e. The average Bonchev–Trinajstić information content (AvgIpc) is 2.81. The van der Waals surface area contributed by atoms with E-state index in [1.54, 1.807) is 17.3 Å². The molecule has 2 rings (SSSR count). The molecule has 1 aliphatic rings. The van der Waals surface area contributed by atoms with E-state index in [0.29, 0.717) is 6.54 Å². The van der Waals surface area contributed by atoms with Crippen molar-refractivity contribution in [2.75, 3.05) is 13.2 Å². The molecular formula is C15H22N2O3. The Balaban J connectivity index is 2.22. The van der Waals surface area contributed by atoms with Gasteiger partial charge in [0.2, 0.25) is 0 Å². The fraction of sp³-hybridized carbons (Fsp3) is 0.600. The van der Waals surface area contributed by atoms with Crippen LogP contribution in [0.15, 0.2) is 24.5 Å². The van der Waals surface area contributed by atoms with Gasteiger partial charge in [-0.15, -0.1) is 0 Å². The number of carbonyl (C=O) groups excluding carboxylic acids is 1. The van der Waals surface area contributed by atoms with Gasteiger partial charge in [-0.1, -0.05) is 6.07 Å². The Hall–Kier alpha value is -1.62. The van der Waals surface area contributed by atoms with E-state index < -0.39 is 5.60 Å². The number of nitrogens with zero attached hydrogens (tertiary/aromatic N) is 2. The Labute approximate surface area is 119 Å². The summed E-state index contributed by atoms with van der Waals surface area (Å²) in [5, 5.41) is 9.53. The van der Waals surface area contributed by atoms with Crippen LogP contribution in [0.5, 0.6) is 0 Å². The quantitative estimate of drug-likeness (QED) is 0.902. The number of aliphatic hydroxyl groups excluding tert-OH is 1. The molecule has 2 atom stereocenters. The number of ether oxygens (including phenoxy) is 1. The van der Waals surface area contributed by atoms with Crippen LogP contribution in [0.3, 0.4) is 0 Å². The van der Waals surface area contributed by atoms with E-state index in [0.717, 1.165) is 12.0 Å². The summed E-state index contributed by atoms with van der Waals surface area (Å²) in [6.45, 7) is 6.20. The van der Waals surface area contributed by atoms with Crippen LogP contribution in [0.1, 0.15) is 38.8 Å². The first-order valence-electron chi connectivity index (χ1n) is 6.93. The van der Waals surface area contributed by atoms with Crippen LogP contribution in [-0.4, -0.2) is 39.8 Å². The molecule has 0 bridgehead atoms. The third kappa shape index (κ3) is 3.28. The predicted molar refractivity (Wildman–Crippen MR) is 75.1 cm³/mol. The molecular weight excluding hydrogens is 256 g/mol. The topological polar surface area (TPSA) is 62.7 Å². The van der Waals surface area contributed by atoms with Crippen molar-refractivity contribution in [1.82, 2.24) is 9.88 Å². The van der Waals surface area contributed by atoms with Crippen LogP contribution in [-0.2, 0) is 4.74 Å². The van der Waals surface area contributed by atoms with Crippen LogP contribution in [0, 0.1) is 5.92 Å². The highest BCUT2D eigenvalue weighted by molar-refractivity contribution is 5.69. The van der Waals surface area contributed by atoms with Crippen molar-refractivity contribution in [2.45, 2.75) is 38.8 Å². The lowest BCUT2D eigenvalue weighted by Gasteiger charge is -2.30. The fourth-order valence-electron chi connectivity index (χ4n) is 2.58. The highest BCUT2D eigenvalue weighted by Gasteiger charge is 2.39. The first-order chi connectivity index (χ1) is 9.42. The summed E-state index contributed by atoms with van der Waals surface area (Å²) < 4.78 is 5.45. The number of likely N-dealkylation sites (tertiary alicyclic amines) is 1. The summed E-state index contributed by atoms with van der Waals surface area (Å²) in [5.74, 6) is 0.0340. The van der Waals surface area contributed by atoms with Gasteiger partial charge in [0.05, 0.1) is 6.04 Å². The van der Waals surface area contributed by atoms with Gasteiger partial charge >= 0.3 is 6.09 Å². The van der Waals surface area contributed by atoms with Gasteiger partial charge in [0.15, 0.2) is 0 Å². The fourth-order valence-corrected chi connectivity index (χ4v) is 2.58. The van der Waals surface area contributed by atoms with Crippen molar-refractivity contribution in [3.05, 3.63) is 30.1 Å². The van der Waals surface area contributed by atoms with Crippen molar-refractivity contribution in [1.29, 1.82) is 0 Å². The molecule has 1 aromatic rings. The molecule has 0 aromatic carbocycles. The van der Waals surface area contributed by atoms with Crippen LogP contribution in [0.4, 0.5) is 4.79 Å². The highest BCUT2D eigenvalue weighted by atomic mass is 16.6. The Morgan fingerprint density at radius 2 is 2.30 bits per heavy atom. The molecule has 1 aromatic heterocycles. The molecule has 1 fully saturated rings. The molecule has 2 heterocycles. The SMILES string of the molecule is CC(C)(C)OC(=O)N1CC[C@@H](CO)[C@@H]1c1cccnc1. The Morgan fingerprint density at radius 1 is 1.55 bits per heavy atom. The number of hydrogen-bond donors (Lipinski definition) is 1. The van der Waals surface area contributed by atoms with Crippen LogP contribution in [0.2, 0.25) is 0 Å². The van der Waals surface area contributed by atoms with Gasteiger partial charge in [0.1, 0.15) is 5.60 Å². The van der Waals surface area contributed by atoms with Gasteiger partial charge < -0.3 is 14.7 Å². The first-order valence-corrected chi connectivity index (χ1v) is 6.93. The molecule has 0 spiro atoms. The summed E-state index contributed by atoms with van der Waals surface area (Å²) in [7, 11) is 0. The molecule has 1 aliphatic heterocycles. The van der Waals surface area contributed by atoms with E-state index in [2.05, 4.69) is 4.98 Å². The summed E-state index contributed by atoms with van der Waals surface area (Å²) in [6.07, 6.45) is 3.89. The molecule has 0 saturated carbocycles. The number of hydrogen-bond acceptors (Lipinski definition) is 4. The van der Waals surface area contributed by atoms with Gasteiger partial charge in [-0.05, 0) is 38.8 Å². The van der Waals surface area contributed by atoms with Crippen molar-refractivity contribution in [3.63, 3.8) is 0 Å². The third-order valence-corrected chi connectivity index (χ3v) is 3.41. The summed E-state index contributed by atoms with van der Waals surface area (Å²) >= 11 is 0. The molecule has 110 valence electrons. The zero-order chi connectivity index (χ0) is 14.8. The predicted octanol–water partition coefficient (Wildman–Crippen LogP) is 2.37. The second-order valence-corrected chi connectivity index (χ2v) is 6.14. The van der Waals surface area contributed by atoms with Gasteiger partial charge in [0.25, 0.3) is 0 Å². The third-order valence-electron chi connectivity index (χ3n) is 3.41. The van der Waals surface area contributed by atoms with Gasteiger partial charge in [0, 0.05) is 31.5 Å². The zero-order valence-corrected chi connectivity index (χ0v) is 12.2. The standard InChI is InChI=1S/C15H22N2O3/c1-15(2,3)20-14(19)17-8-6-12(10-18)13(17)11-5-4-7-16-9-11/h4-5,7,9,12-13,18H,6,8,10H2,1-3H3/t12-,13-/m0/s1. The Kier molecular flexibility index (Phi) is 4.28. The number of amides is 1. The van der Waals surface area contributed by atoms with Crippen LogP contribution < -0.4 is 0 Å². The van der Waals surface area contributed by atoms with Crippen LogP contribution >= 0.6 is 0 Å². The number of aromatic nitrogens is 1. The van der Waals surface area contributed by atoms with Crippen molar-refractivity contribution in [3.8, 4) is 0 Å². The van der Waals surface area contributed by atoms with E-state index in [1.165, 1.54) is 0 Å². The van der Waals surface area contributed by atoms with Crippen molar-refractivity contribution < 1.29 is 14.6 Å². The molecule has 0 unspecified atom stereocenters. The molecule has 20 heavy (non-hydrogen) atoms. The zero-order valence-electron chi connectivity index (χ0n) is 12.2. The lowest BCUT2D eigenvalue weighted by Crippen LogP contribution is -2.37.